The molecular weight excluding hydrogens is 335 g/mol. The predicted octanol–water partition coefficient (Wildman–Crippen LogP) is 2.30. The number of hydrogen-bond acceptors (Lipinski definition) is 4. The minimum atomic E-state index is -3.79. The van der Waals surface area contributed by atoms with E-state index in [1.54, 1.807) is 6.92 Å². The number of ether oxygens (including phenoxy) is 1. The monoisotopic (exact) mass is 352 g/mol. The largest absolute Gasteiger partial charge is 0.495 e. The van der Waals surface area contributed by atoms with Gasteiger partial charge in [-0.1, -0.05) is 0 Å². The van der Waals surface area contributed by atoms with Gasteiger partial charge in [0.15, 0.2) is 0 Å². The average Bonchev–Trinajstić information content (AvgIpc) is 2.56. The molecule has 2 aromatic rings. The Hall–Kier alpha value is -2.45. The molecule has 6 nitrogen and oxygen atoms in total. The summed E-state index contributed by atoms with van der Waals surface area (Å²) in [7, 11) is -1.18. The predicted molar refractivity (Wildman–Crippen MR) is 88.3 cm³/mol. The van der Waals surface area contributed by atoms with Crippen molar-refractivity contribution in [2.45, 2.75) is 11.8 Å². The second-order valence-corrected chi connectivity index (χ2v) is 6.84. The zero-order chi connectivity index (χ0) is 17.9. The van der Waals surface area contributed by atoms with E-state index in [1.165, 1.54) is 50.6 Å². The summed E-state index contributed by atoms with van der Waals surface area (Å²) in [5.41, 5.74) is 1.13. The van der Waals surface area contributed by atoms with Crippen LogP contribution in [-0.4, -0.2) is 28.5 Å². The number of amides is 1. The van der Waals surface area contributed by atoms with Gasteiger partial charge < -0.3 is 10.1 Å². The molecule has 0 aromatic heterocycles. The molecular formula is C16H17FN2O4S. The second-order valence-electron chi connectivity index (χ2n) is 4.99. The molecule has 0 fully saturated rings. The molecule has 24 heavy (non-hydrogen) atoms. The Morgan fingerprint density at radius 3 is 2.46 bits per heavy atom. The van der Waals surface area contributed by atoms with Crippen LogP contribution in [0.5, 0.6) is 5.75 Å². The number of nitrogens with one attached hydrogen (secondary N) is 2. The highest BCUT2D eigenvalue weighted by Gasteiger charge is 2.20. The normalized spacial score (nSPS) is 11.2. The molecule has 2 N–H and O–H groups in total. The number of halogens is 1. The Balaban J connectivity index is 2.38. The lowest BCUT2D eigenvalue weighted by Gasteiger charge is -2.12. The van der Waals surface area contributed by atoms with Gasteiger partial charge in [-0.3, -0.25) is 4.79 Å². The summed E-state index contributed by atoms with van der Waals surface area (Å²) in [6.45, 7) is 1.66. The van der Waals surface area contributed by atoms with Crippen molar-refractivity contribution in [3.63, 3.8) is 0 Å². The van der Waals surface area contributed by atoms with Gasteiger partial charge in [0.25, 0.3) is 5.91 Å². The summed E-state index contributed by atoms with van der Waals surface area (Å²) < 4.78 is 44.4. The van der Waals surface area contributed by atoms with Crippen LogP contribution in [0.2, 0.25) is 0 Å². The van der Waals surface area contributed by atoms with Gasteiger partial charge in [0.2, 0.25) is 10.0 Å². The molecule has 0 bridgehead atoms. The van der Waals surface area contributed by atoms with Crippen LogP contribution in [0.3, 0.4) is 0 Å². The highest BCUT2D eigenvalue weighted by molar-refractivity contribution is 7.89. The van der Waals surface area contributed by atoms with E-state index >= 15 is 0 Å². The molecule has 1 amide bonds. The molecule has 0 atom stereocenters. The Morgan fingerprint density at radius 1 is 1.17 bits per heavy atom. The van der Waals surface area contributed by atoms with Crippen LogP contribution < -0.4 is 14.8 Å². The van der Waals surface area contributed by atoms with Crippen LogP contribution in [0.1, 0.15) is 15.9 Å². The molecule has 2 aromatic carbocycles. The summed E-state index contributed by atoms with van der Waals surface area (Å²) >= 11 is 0. The first-order chi connectivity index (χ1) is 11.3. The maximum atomic E-state index is 13.1. The lowest BCUT2D eigenvalue weighted by molar-refractivity contribution is 0.102. The first-order valence-electron chi connectivity index (χ1n) is 6.97. The fourth-order valence-corrected chi connectivity index (χ4v) is 3.02. The number of aryl methyl sites for hydroxylation is 1. The van der Waals surface area contributed by atoms with Crippen molar-refractivity contribution in [3.05, 3.63) is 53.3 Å². The minimum Gasteiger partial charge on any atom is -0.495 e. The average molecular weight is 352 g/mol. The van der Waals surface area contributed by atoms with E-state index in [4.69, 9.17) is 4.74 Å². The summed E-state index contributed by atoms with van der Waals surface area (Å²) in [5, 5.41) is 2.63. The number of rotatable bonds is 5. The van der Waals surface area contributed by atoms with Crippen LogP contribution in [-0.2, 0) is 10.0 Å². The molecule has 0 heterocycles. The van der Waals surface area contributed by atoms with E-state index in [9.17, 15) is 17.6 Å². The van der Waals surface area contributed by atoms with E-state index in [0.717, 1.165) is 0 Å². The molecule has 2 rings (SSSR count). The number of methoxy groups -OCH3 is 1. The van der Waals surface area contributed by atoms with Gasteiger partial charge in [0, 0.05) is 11.3 Å². The van der Waals surface area contributed by atoms with E-state index in [1.807, 2.05) is 0 Å². The zero-order valence-corrected chi connectivity index (χ0v) is 14.2. The molecule has 0 saturated carbocycles. The van der Waals surface area contributed by atoms with E-state index in [0.29, 0.717) is 11.3 Å². The minimum absolute atomic E-state index is 0.124. The van der Waals surface area contributed by atoms with Crippen molar-refractivity contribution < 1.29 is 22.3 Å². The number of hydrogen-bond donors (Lipinski definition) is 2. The van der Waals surface area contributed by atoms with Crippen molar-refractivity contribution in [3.8, 4) is 5.75 Å². The van der Waals surface area contributed by atoms with Crippen LogP contribution >= 0.6 is 0 Å². The maximum Gasteiger partial charge on any atom is 0.255 e. The smallest absolute Gasteiger partial charge is 0.255 e. The van der Waals surface area contributed by atoms with Gasteiger partial charge in [-0.25, -0.2) is 17.5 Å². The Morgan fingerprint density at radius 2 is 1.88 bits per heavy atom. The van der Waals surface area contributed by atoms with Gasteiger partial charge in [-0.15, -0.1) is 0 Å². The van der Waals surface area contributed by atoms with Gasteiger partial charge in [0.05, 0.1) is 7.11 Å². The first kappa shape index (κ1) is 17.9. The van der Waals surface area contributed by atoms with Gasteiger partial charge in [0.1, 0.15) is 16.5 Å². The van der Waals surface area contributed by atoms with Crippen LogP contribution in [0, 0.1) is 12.7 Å². The summed E-state index contributed by atoms with van der Waals surface area (Å²) in [5.74, 6) is -0.795. The van der Waals surface area contributed by atoms with Crippen molar-refractivity contribution in [2.24, 2.45) is 0 Å². The van der Waals surface area contributed by atoms with Gasteiger partial charge >= 0.3 is 0 Å². The van der Waals surface area contributed by atoms with E-state index in [-0.39, 0.29) is 16.2 Å². The fourth-order valence-electron chi connectivity index (χ4n) is 2.10. The number of carbonyl (C=O) groups excluding carboxylic acids is 1. The third kappa shape index (κ3) is 3.72. The quantitative estimate of drug-likeness (QED) is 0.865. The van der Waals surface area contributed by atoms with Crippen molar-refractivity contribution in [1.82, 2.24) is 4.72 Å². The molecule has 0 aliphatic rings. The first-order valence-corrected chi connectivity index (χ1v) is 8.46. The van der Waals surface area contributed by atoms with Crippen LogP contribution in [0.25, 0.3) is 0 Å². The topological polar surface area (TPSA) is 84.5 Å². The maximum absolute atomic E-state index is 13.1. The lowest BCUT2D eigenvalue weighted by atomic mass is 10.1. The lowest BCUT2D eigenvalue weighted by Crippen LogP contribution is -2.20. The number of benzene rings is 2. The van der Waals surface area contributed by atoms with Gasteiger partial charge in [-0.2, -0.15) is 0 Å². The van der Waals surface area contributed by atoms with Crippen molar-refractivity contribution in [1.29, 1.82) is 0 Å². The highest BCUT2D eigenvalue weighted by Crippen LogP contribution is 2.25. The van der Waals surface area contributed by atoms with Crippen molar-refractivity contribution >= 4 is 21.6 Å². The van der Waals surface area contributed by atoms with Crippen LogP contribution in [0.15, 0.2) is 41.3 Å². The molecule has 0 spiro atoms. The SMILES string of the molecule is CNS(=O)(=O)c1cc(C(=O)Nc2ccc(F)cc2C)ccc1OC. The van der Waals surface area contributed by atoms with Crippen molar-refractivity contribution in [2.75, 3.05) is 19.5 Å². The molecule has 0 aliphatic carbocycles. The second kappa shape index (κ2) is 6.98. The molecule has 8 heteroatoms. The van der Waals surface area contributed by atoms with E-state index in [2.05, 4.69) is 10.0 Å². The van der Waals surface area contributed by atoms with E-state index < -0.39 is 21.7 Å². The fraction of sp³-hybridized carbons (Fsp3) is 0.188. The molecule has 128 valence electrons. The third-order valence-electron chi connectivity index (χ3n) is 3.42. The standard InChI is InChI=1S/C16H17FN2O4S/c1-10-8-12(17)5-6-13(10)19-16(20)11-4-7-14(23-3)15(9-11)24(21,22)18-2/h4-9,18H,1-3H3,(H,19,20). The highest BCUT2D eigenvalue weighted by atomic mass is 32.2. The summed E-state index contributed by atoms with van der Waals surface area (Å²) in [4.78, 5) is 12.2. The Labute approximate surface area is 139 Å². The Bertz CT molecular complexity index is 882. The molecule has 0 aliphatic heterocycles. The molecule has 0 unspecified atom stereocenters. The van der Waals surface area contributed by atoms with Crippen LogP contribution in [0.4, 0.5) is 10.1 Å². The number of carbonyl (C=O) groups is 1. The molecule has 0 saturated heterocycles. The van der Waals surface area contributed by atoms with Gasteiger partial charge in [-0.05, 0) is 55.9 Å². The number of anilines is 1. The Kier molecular flexibility index (Phi) is 5.20. The summed E-state index contributed by atoms with van der Waals surface area (Å²) in [6, 6.07) is 8.03. The number of sulfonamides is 1. The zero-order valence-electron chi connectivity index (χ0n) is 13.4. The molecule has 0 radical (unpaired) electrons. The third-order valence-corrected chi connectivity index (χ3v) is 4.86. The summed E-state index contributed by atoms with van der Waals surface area (Å²) in [6.07, 6.45) is 0.